The van der Waals surface area contributed by atoms with Crippen molar-refractivity contribution in [3.8, 4) is 34.0 Å². The van der Waals surface area contributed by atoms with Crippen LogP contribution in [0.4, 0.5) is 5.82 Å². The molecule has 0 unspecified atom stereocenters. The summed E-state index contributed by atoms with van der Waals surface area (Å²) in [5, 5.41) is 0. The predicted octanol–water partition coefficient (Wildman–Crippen LogP) is 5.04. The van der Waals surface area contributed by atoms with Gasteiger partial charge in [-0.1, -0.05) is 0 Å². The van der Waals surface area contributed by atoms with Gasteiger partial charge in [-0.3, -0.25) is 0 Å². The summed E-state index contributed by atoms with van der Waals surface area (Å²) in [4.78, 5) is 39.0. The topological polar surface area (TPSA) is 173 Å². The molecule has 13 nitrogen and oxygen atoms in total. The van der Waals surface area contributed by atoms with Gasteiger partial charge in [-0.2, -0.15) is 0 Å². The average Bonchev–Trinajstić information content (AvgIpc) is 2.94. The van der Waals surface area contributed by atoms with E-state index < -0.39 is 16.3 Å². The second-order valence-electron chi connectivity index (χ2n) is 8.38. The van der Waals surface area contributed by atoms with E-state index in [-0.39, 0.29) is 32.2 Å². The number of aromatic nitrogens is 4. The van der Waals surface area contributed by atoms with Gasteiger partial charge in [0.2, 0.25) is 0 Å². The number of hydrogen-bond donors (Lipinski definition) is 3. The first-order valence-electron chi connectivity index (χ1n) is 13.1. The van der Waals surface area contributed by atoms with Gasteiger partial charge in [0, 0.05) is 0 Å². The van der Waals surface area contributed by atoms with Crippen LogP contribution in [0, 0.1) is 0 Å². The van der Waals surface area contributed by atoms with E-state index in [4.69, 9.17) is 42.8 Å². The van der Waals surface area contributed by atoms with Crippen LogP contribution in [-0.2, 0) is 18.1 Å². The first kappa shape index (κ1) is 30.8. The molecule has 15 heteroatoms. The molecule has 0 aliphatic heterocycles. The SMILES string of the molecule is CCO[PH](O)(OCC)Oc1ccc(-c2nc3ncnc(N)c3nc2-c2ccc(O[PH](O)(OCC)OCC)cc2)cc1. The molecule has 2 heterocycles. The van der Waals surface area contributed by atoms with Crippen molar-refractivity contribution in [2.24, 2.45) is 0 Å². The summed E-state index contributed by atoms with van der Waals surface area (Å²) in [5.74, 6) is 0.928. The van der Waals surface area contributed by atoms with Crippen molar-refractivity contribution in [2.75, 3.05) is 32.2 Å². The van der Waals surface area contributed by atoms with Crippen LogP contribution in [-0.4, -0.2) is 56.2 Å². The average molecular weight is 608 g/mol. The van der Waals surface area contributed by atoms with Gasteiger partial charge in [0.05, 0.1) is 0 Å². The van der Waals surface area contributed by atoms with Crippen molar-refractivity contribution in [1.29, 1.82) is 0 Å². The summed E-state index contributed by atoms with van der Waals surface area (Å²) in [6.07, 6.45) is 1.33. The molecule has 2 aromatic heterocycles. The van der Waals surface area contributed by atoms with Gasteiger partial charge in [-0.15, -0.1) is 0 Å². The number of benzene rings is 2. The zero-order valence-electron chi connectivity index (χ0n) is 23.2. The number of fused-ring (bicyclic) bond motifs is 1. The van der Waals surface area contributed by atoms with E-state index in [1.165, 1.54) is 6.33 Å². The van der Waals surface area contributed by atoms with Crippen molar-refractivity contribution in [2.45, 2.75) is 27.7 Å². The van der Waals surface area contributed by atoms with E-state index in [1.54, 1.807) is 76.2 Å². The molecule has 41 heavy (non-hydrogen) atoms. The summed E-state index contributed by atoms with van der Waals surface area (Å²) in [6, 6.07) is 13.8. The molecular formula is C26H35N5O8P2. The van der Waals surface area contributed by atoms with E-state index in [1.807, 2.05) is 0 Å². The number of nitrogen functional groups attached to an aromatic ring is 1. The molecule has 2 aromatic carbocycles. The normalized spacial score (nSPS) is 12.8. The second-order valence-corrected chi connectivity index (χ2v) is 12.0. The Morgan fingerprint density at radius 3 is 1.46 bits per heavy atom. The van der Waals surface area contributed by atoms with Crippen LogP contribution < -0.4 is 14.8 Å². The van der Waals surface area contributed by atoms with E-state index in [0.29, 0.717) is 45.2 Å². The molecule has 0 aliphatic carbocycles. The second kappa shape index (κ2) is 13.7. The van der Waals surface area contributed by atoms with Gasteiger partial charge in [0.1, 0.15) is 0 Å². The number of nitrogens with two attached hydrogens (primary N) is 1. The summed E-state index contributed by atoms with van der Waals surface area (Å²) < 4.78 is 32.8. The Morgan fingerprint density at radius 1 is 0.634 bits per heavy atom. The Kier molecular flexibility index (Phi) is 10.3. The van der Waals surface area contributed by atoms with Crippen LogP contribution >= 0.6 is 16.3 Å². The van der Waals surface area contributed by atoms with Crippen LogP contribution in [0.15, 0.2) is 54.9 Å². The van der Waals surface area contributed by atoms with Crippen LogP contribution in [0.25, 0.3) is 33.7 Å². The van der Waals surface area contributed by atoms with Gasteiger partial charge in [-0.25, -0.2) is 0 Å². The molecule has 0 saturated carbocycles. The molecule has 4 aromatic rings. The molecule has 0 fully saturated rings. The Labute approximate surface area is 238 Å². The van der Waals surface area contributed by atoms with E-state index in [2.05, 4.69) is 9.97 Å². The molecule has 0 saturated heterocycles. The Morgan fingerprint density at radius 2 is 1.05 bits per heavy atom. The minimum absolute atomic E-state index is 0.194. The molecule has 0 amide bonds. The van der Waals surface area contributed by atoms with Gasteiger partial charge in [0.25, 0.3) is 0 Å². The maximum absolute atomic E-state index is 10.6. The third-order valence-corrected chi connectivity index (χ3v) is 9.15. The standard InChI is InChI=1S/C26H35N5O8P2/c1-5-34-40(32,35-6-2)38-20-13-9-18(10-14-20)22-23(31-26-24(30-22)25(27)28-17-29-26)19-11-15-21(16-12-19)39-41(33,36-7-3)37-8-4/h9-17,32-33,40-41H,5-8H2,1-4H3,(H2,27,28,29,31). The fourth-order valence-corrected chi connectivity index (χ4v) is 6.62. The number of rotatable bonds is 14. The van der Waals surface area contributed by atoms with E-state index in [9.17, 15) is 9.79 Å². The molecule has 222 valence electrons. The van der Waals surface area contributed by atoms with E-state index in [0.717, 1.165) is 0 Å². The molecular weight excluding hydrogens is 572 g/mol. The van der Waals surface area contributed by atoms with Crippen molar-refractivity contribution in [3.05, 3.63) is 54.9 Å². The first-order chi connectivity index (χ1) is 19.7. The molecule has 0 radical (unpaired) electrons. The molecule has 0 bridgehead atoms. The number of nitrogens with zero attached hydrogens (tertiary/aromatic N) is 4. The molecule has 4 rings (SSSR count). The summed E-state index contributed by atoms with van der Waals surface area (Å²) >= 11 is 0. The number of anilines is 1. The van der Waals surface area contributed by atoms with Crippen molar-refractivity contribution >= 4 is 33.3 Å². The van der Waals surface area contributed by atoms with E-state index >= 15 is 0 Å². The minimum atomic E-state index is -3.83. The summed E-state index contributed by atoms with van der Waals surface area (Å²) in [6.45, 7) is 7.95. The summed E-state index contributed by atoms with van der Waals surface area (Å²) in [5.41, 5.74) is 9.19. The van der Waals surface area contributed by atoms with Gasteiger partial charge in [0.15, 0.2) is 0 Å². The maximum atomic E-state index is 10.6. The van der Waals surface area contributed by atoms with Crippen molar-refractivity contribution < 1.29 is 36.9 Å². The fourth-order valence-electron chi connectivity index (χ4n) is 3.89. The molecule has 0 spiro atoms. The van der Waals surface area contributed by atoms with Crippen LogP contribution in [0.1, 0.15) is 27.7 Å². The Hall–Kier alpha value is -3.12. The van der Waals surface area contributed by atoms with Crippen LogP contribution in [0.2, 0.25) is 0 Å². The molecule has 0 atom stereocenters. The third kappa shape index (κ3) is 7.59. The van der Waals surface area contributed by atoms with Gasteiger partial charge in [-0.05, 0) is 0 Å². The van der Waals surface area contributed by atoms with Gasteiger partial charge >= 0.3 is 239 Å². The van der Waals surface area contributed by atoms with Crippen molar-refractivity contribution in [3.63, 3.8) is 0 Å². The first-order valence-corrected chi connectivity index (χ1v) is 16.4. The van der Waals surface area contributed by atoms with Crippen LogP contribution in [0.5, 0.6) is 11.5 Å². The number of hydrogen-bond acceptors (Lipinski definition) is 13. The molecule has 4 N–H and O–H groups in total. The monoisotopic (exact) mass is 607 g/mol. The Bertz CT molecular complexity index is 1430. The zero-order chi connectivity index (χ0) is 29.5. The molecule has 0 aliphatic rings. The predicted molar refractivity (Wildman–Crippen MR) is 159 cm³/mol. The third-order valence-electron chi connectivity index (χ3n) is 5.55. The Balaban J connectivity index is 1.71. The van der Waals surface area contributed by atoms with Gasteiger partial charge < -0.3 is 0 Å². The fraction of sp³-hybridized carbons (Fsp3) is 0.308. The quantitative estimate of drug-likeness (QED) is 0.163. The van der Waals surface area contributed by atoms with Crippen LogP contribution in [0.3, 0.4) is 0 Å². The zero-order valence-corrected chi connectivity index (χ0v) is 25.2. The summed E-state index contributed by atoms with van der Waals surface area (Å²) in [7, 11) is -7.66. The van der Waals surface area contributed by atoms with Crippen molar-refractivity contribution in [1.82, 2.24) is 19.9 Å².